The van der Waals surface area contributed by atoms with E-state index in [-0.39, 0.29) is 36.0 Å². The van der Waals surface area contributed by atoms with Crippen molar-refractivity contribution >= 4 is 16.8 Å². The Morgan fingerprint density at radius 1 is 1.09 bits per heavy atom. The minimum absolute atomic E-state index is 0.0356. The van der Waals surface area contributed by atoms with Gasteiger partial charge in [0.05, 0.1) is 0 Å². The third-order valence-electron chi connectivity index (χ3n) is 6.08. The zero-order valence-corrected chi connectivity index (χ0v) is 19.5. The third-order valence-corrected chi connectivity index (χ3v) is 6.08. The molecule has 1 aliphatic heterocycles. The van der Waals surface area contributed by atoms with Crippen LogP contribution in [0.15, 0.2) is 51.7 Å². The molecule has 1 fully saturated rings. The van der Waals surface area contributed by atoms with Gasteiger partial charge in [-0.05, 0) is 62.7 Å². The molecule has 0 spiro atoms. The number of ketones is 1. The van der Waals surface area contributed by atoms with E-state index >= 15 is 0 Å². The Labute approximate surface area is 200 Å². The molecule has 1 aromatic heterocycles. The lowest BCUT2D eigenvalue weighted by Crippen LogP contribution is -2.35. The maximum atomic E-state index is 12.6. The van der Waals surface area contributed by atoms with Crippen LogP contribution >= 0.6 is 0 Å². The number of carbonyl (C=O) groups is 1. The minimum atomic E-state index is -4.78. The first-order valence-corrected chi connectivity index (χ1v) is 11.4. The molecular formula is C26H26F3NO5. The highest BCUT2D eigenvalue weighted by molar-refractivity contribution is 5.86. The number of Topliss-reactive ketones (excluding diaryl/α,β-unsaturated/α-hetero) is 1. The predicted octanol–water partition coefficient (Wildman–Crippen LogP) is 4.83. The number of aryl methyl sites for hydroxylation is 1. The Balaban J connectivity index is 1.44. The molecule has 0 radical (unpaired) electrons. The van der Waals surface area contributed by atoms with E-state index in [1.807, 2.05) is 19.1 Å². The molecule has 1 aliphatic rings. The summed E-state index contributed by atoms with van der Waals surface area (Å²) in [4.78, 5) is 27.4. The number of carbonyl (C=O) groups excluding carboxylic acids is 1. The fraction of sp³-hybridized carbons (Fsp3) is 0.385. The van der Waals surface area contributed by atoms with Gasteiger partial charge in [0.15, 0.2) is 0 Å². The molecule has 0 aliphatic carbocycles. The third kappa shape index (κ3) is 6.42. The average Bonchev–Trinajstić information content (AvgIpc) is 2.79. The molecule has 2 heterocycles. The fourth-order valence-electron chi connectivity index (χ4n) is 4.19. The summed E-state index contributed by atoms with van der Waals surface area (Å²) < 4.78 is 52.4. The van der Waals surface area contributed by atoms with Crippen LogP contribution in [0.25, 0.3) is 11.0 Å². The van der Waals surface area contributed by atoms with Crippen LogP contribution in [0.1, 0.15) is 29.5 Å². The molecule has 0 unspecified atom stereocenters. The lowest BCUT2D eigenvalue weighted by Gasteiger charge is -2.29. The zero-order valence-electron chi connectivity index (χ0n) is 19.5. The van der Waals surface area contributed by atoms with Gasteiger partial charge in [-0.2, -0.15) is 0 Å². The van der Waals surface area contributed by atoms with Gasteiger partial charge in [0.2, 0.25) is 0 Å². The summed E-state index contributed by atoms with van der Waals surface area (Å²) in [5.41, 5.74) is 1.30. The van der Waals surface area contributed by atoms with Crippen molar-refractivity contribution in [1.82, 2.24) is 4.90 Å². The van der Waals surface area contributed by atoms with Gasteiger partial charge in [-0.1, -0.05) is 12.1 Å². The van der Waals surface area contributed by atoms with Crippen LogP contribution in [0.3, 0.4) is 0 Å². The van der Waals surface area contributed by atoms with Crippen LogP contribution < -0.4 is 15.1 Å². The van der Waals surface area contributed by atoms with Crippen molar-refractivity contribution in [2.45, 2.75) is 45.1 Å². The monoisotopic (exact) mass is 489 g/mol. The smallest absolute Gasteiger partial charge is 0.490 e. The highest BCUT2D eigenvalue weighted by atomic mass is 19.4. The van der Waals surface area contributed by atoms with Gasteiger partial charge >= 0.3 is 12.0 Å². The quantitative estimate of drug-likeness (QED) is 0.443. The summed E-state index contributed by atoms with van der Waals surface area (Å²) in [6.45, 7) is 3.77. The van der Waals surface area contributed by atoms with Gasteiger partial charge in [-0.15, -0.1) is 13.2 Å². The molecule has 0 atom stereocenters. The first-order chi connectivity index (χ1) is 16.6. The molecule has 1 saturated heterocycles. The van der Waals surface area contributed by atoms with Crippen LogP contribution in [0.4, 0.5) is 13.2 Å². The molecule has 0 saturated carbocycles. The maximum absolute atomic E-state index is 12.6. The first-order valence-electron chi connectivity index (χ1n) is 11.4. The largest absolute Gasteiger partial charge is 0.573 e. The normalized spacial score (nSPS) is 15.3. The Bertz CT molecular complexity index is 1260. The number of ether oxygens (including phenoxy) is 2. The highest BCUT2D eigenvalue weighted by Crippen LogP contribution is 2.29. The van der Waals surface area contributed by atoms with Crippen LogP contribution in [-0.2, 0) is 17.6 Å². The van der Waals surface area contributed by atoms with Crippen molar-refractivity contribution in [3.63, 3.8) is 0 Å². The van der Waals surface area contributed by atoms with E-state index in [9.17, 15) is 22.8 Å². The van der Waals surface area contributed by atoms with Crippen molar-refractivity contribution in [2.75, 3.05) is 20.1 Å². The van der Waals surface area contributed by atoms with Gasteiger partial charge in [-0.3, -0.25) is 4.79 Å². The maximum Gasteiger partial charge on any atom is 0.573 e. The SMILES string of the molecule is Cc1c(OC2CCN(C)CC2)ccc2cc(CC(=O)Cc3ccc(OC(F)(F)F)cc3)c(=O)oc12. The Kier molecular flexibility index (Phi) is 7.16. The van der Waals surface area contributed by atoms with Gasteiger partial charge < -0.3 is 18.8 Å². The van der Waals surface area contributed by atoms with Gasteiger partial charge in [-0.25, -0.2) is 4.79 Å². The average molecular weight is 489 g/mol. The second-order valence-electron chi connectivity index (χ2n) is 8.87. The highest BCUT2D eigenvalue weighted by Gasteiger charge is 2.31. The Morgan fingerprint density at radius 2 is 1.77 bits per heavy atom. The summed E-state index contributed by atoms with van der Waals surface area (Å²) in [7, 11) is 2.08. The number of nitrogens with zero attached hydrogens (tertiary/aromatic N) is 1. The van der Waals surface area contributed by atoms with Crippen molar-refractivity contribution in [3.05, 3.63) is 69.6 Å². The summed E-state index contributed by atoms with van der Waals surface area (Å²) in [6.07, 6.45) is -2.99. The van der Waals surface area contributed by atoms with E-state index < -0.39 is 12.0 Å². The number of hydrogen-bond acceptors (Lipinski definition) is 6. The second-order valence-corrected chi connectivity index (χ2v) is 8.87. The topological polar surface area (TPSA) is 69.0 Å². The zero-order chi connectivity index (χ0) is 25.2. The molecule has 6 nitrogen and oxygen atoms in total. The molecule has 186 valence electrons. The van der Waals surface area contributed by atoms with Crippen molar-refractivity contribution in [2.24, 2.45) is 0 Å². The molecule has 0 amide bonds. The number of halogens is 3. The van der Waals surface area contributed by atoms with Crippen molar-refractivity contribution in [1.29, 1.82) is 0 Å². The number of piperidine rings is 1. The molecule has 3 aromatic rings. The van der Waals surface area contributed by atoms with Gasteiger partial charge in [0, 0.05) is 42.4 Å². The standard InChI is InChI=1S/C26H26F3NO5/c1-16-23(33-21-9-11-30(2)12-10-21)8-5-18-14-19(25(32)34-24(16)18)15-20(31)13-17-3-6-22(7-4-17)35-26(27,28)29/h3-8,14,21H,9-13,15H2,1-2H3. The van der Waals surface area contributed by atoms with Crippen molar-refractivity contribution in [3.8, 4) is 11.5 Å². The fourth-order valence-corrected chi connectivity index (χ4v) is 4.19. The number of likely N-dealkylation sites (tertiary alicyclic amines) is 1. The predicted molar refractivity (Wildman–Crippen MR) is 124 cm³/mol. The minimum Gasteiger partial charge on any atom is -0.490 e. The van der Waals surface area contributed by atoms with E-state index in [2.05, 4.69) is 16.7 Å². The number of alkyl halides is 3. The molecule has 9 heteroatoms. The summed E-state index contributed by atoms with van der Waals surface area (Å²) in [6, 6.07) is 10.4. The molecular weight excluding hydrogens is 463 g/mol. The second kappa shape index (κ2) is 10.1. The summed E-state index contributed by atoms with van der Waals surface area (Å²) in [5.74, 6) is 0.0514. The first kappa shape index (κ1) is 24.8. The van der Waals surface area contributed by atoms with Crippen LogP contribution in [-0.4, -0.2) is 43.3 Å². The summed E-state index contributed by atoms with van der Waals surface area (Å²) in [5, 5.41) is 0.689. The van der Waals surface area contributed by atoms with E-state index in [0.29, 0.717) is 22.3 Å². The van der Waals surface area contributed by atoms with Crippen molar-refractivity contribution < 1.29 is 31.9 Å². The molecule has 4 rings (SSSR count). The number of rotatable bonds is 7. The van der Waals surface area contributed by atoms with Crippen LogP contribution in [0.5, 0.6) is 11.5 Å². The van der Waals surface area contributed by atoms with E-state index in [0.717, 1.165) is 43.6 Å². The lowest BCUT2D eigenvalue weighted by atomic mass is 10.0. The molecule has 2 aromatic carbocycles. The molecule has 35 heavy (non-hydrogen) atoms. The number of hydrogen-bond donors (Lipinski definition) is 0. The van der Waals surface area contributed by atoms with E-state index in [1.165, 1.54) is 12.1 Å². The Morgan fingerprint density at radius 3 is 2.43 bits per heavy atom. The summed E-state index contributed by atoms with van der Waals surface area (Å²) >= 11 is 0. The Hall–Kier alpha value is -3.33. The molecule has 0 N–H and O–H groups in total. The molecule has 0 bridgehead atoms. The number of benzene rings is 2. The van der Waals surface area contributed by atoms with Gasteiger partial charge in [0.1, 0.15) is 29.0 Å². The van der Waals surface area contributed by atoms with Gasteiger partial charge in [0.25, 0.3) is 0 Å². The number of fused-ring (bicyclic) bond motifs is 1. The van der Waals surface area contributed by atoms with E-state index in [4.69, 9.17) is 9.15 Å². The van der Waals surface area contributed by atoms with Crippen LogP contribution in [0.2, 0.25) is 0 Å². The van der Waals surface area contributed by atoms with Crippen LogP contribution in [0, 0.1) is 6.92 Å². The van der Waals surface area contributed by atoms with E-state index in [1.54, 1.807) is 6.07 Å². The lowest BCUT2D eigenvalue weighted by molar-refractivity contribution is -0.274.